The SMILES string of the molecule is CCNC(C)CC(=O)Nc1cc(C(=O)NC)ccc1Cl. The summed E-state index contributed by atoms with van der Waals surface area (Å²) >= 11 is 6.02. The number of hydrogen-bond acceptors (Lipinski definition) is 3. The van der Waals surface area contributed by atoms with E-state index in [0.717, 1.165) is 6.54 Å². The number of amides is 2. The van der Waals surface area contributed by atoms with Crippen molar-refractivity contribution >= 4 is 29.1 Å². The van der Waals surface area contributed by atoms with Crippen LogP contribution in [0.5, 0.6) is 0 Å². The molecule has 0 aliphatic heterocycles. The van der Waals surface area contributed by atoms with Crippen LogP contribution < -0.4 is 16.0 Å². The van der Waals surface area contributed by atoms with Crippen LogP contribution in [0.3, 0.4) is 0 Å². The Morgan fingerprint density at radius 2 is 2.05 bits per heavy atom. The molecule has 1 unspecified atom stereocenters. The maximum absolute atomic E-state index is 11.9. The summed E-state index contributed by atoms with van der Waals surface area (Å²) in [6.45, 7) is 4.73. The fourth-order valence-corrected chi connectivity index (χ4v) is 1.97. The fourth-order valence-electron chi connectivity index (χ4n) is 1.81. The van der Waals surface area contributed by atoms with Gasteiger partial charge in [-0.2, -0.15) is 0 Å². The molecule has 1 aromatic rings. The van der Waals surface area contributed by atoms with Gasteiger partial charge in [-0.05, 0) is 31.7 Å². The predicted molar refractivity (Wildman–Crippen MR) is 81.2 cm³/mol. The van der Waals surface area contributed by atoms with Gasteiger partial charge in [0.1, 0.15) is 0 Å². The van der Waals surface area contributed by atoms with Crippen LogP contribution in [0.25, 0.3) is 0 Å². The van der Waals surface area contributed by atoms with E-state index < -0.39 is 0 Å². The number of carbonyl (C=O) groups is 2. The van der Waals surface area contributed by atoms with E-state index in [4.69, 9.17) is 11.6 Å². The lowest BCUT2D eigenvalue weighted by molar-refractivity contribution is -0.116. The number of anilines is 1. The molecule has 20 heavy (non-hydrogen) atoms. The smallest absolute Gasteiger partial charge is 0.251 e. The third kappa shape index (κ3) is 4.83. The molecule has 0 bridgehead atoms. The van der Waals surface area contributed by atoms with Gasteiger partial charge in [-0.3, -0.25) is 9.59 Å². The van der Waals surface area contributed by atoms with E-state index >= 15 is 0 Å². The molecule has 1 aromatic carbocycles. The molecule has 0 aromatic heterocycles. The number of benzene rings is 1. The molecule has 5 nitrogen and oxygen atoms in total. The Bertz CT molecular complexity index is 491. The molecule has 2 amide bonds. The van der Waals surface area contributed by atoms with Crippen LogP contribution in [0.15, 0.2) is 18.2 Å². The summed E-state index contributed by atoms with van der Waals surface area (Å²) in [5.74, 6) is -0.368. The zero-order valence-electron chi connectivity index (χ0n) is 11.9. The zero-order valence-corrected chi connectivity index (χ0v) is 12.7. The molecule has 1 rings (SSSR count). The highest BCUT2D eigenvalue weighted by molar-refractivity contribution is 6.33. The summed E-state index contributed by atoms with van der Waals surface area (Å²) in [4.78, 5) is 23.4. The lowest BCUT2D eigenvalue weighted by Crippen LogP contribution is -2.30. The molecule has 0 saturated heterocycles. The van der Waals surface area contributed by atoms with Crippen LogP contribution in [-0.2, 0) is 4.79 Å². The molecule has 0 heterocycles. The van der Waals surface area contributed by atoms with E-state index in [1.165, 1.54) is 0 Å². The second-order valence-electron chi connectivity index (χ2n) is 4.48. The molecule has 1 atom stereocenters. The molecule has 3 N–H and O–H groups in total. The minimum Gasteiger partial charge on any atom is -0.355 e. The quantitative estimate of drug-likeness (QED) is 0.752. The van der Waals surface area contributed by atoms with Crippen LogP contribution in [0, 0.1) is 0 Å². The molecular weight excluding hydrogens is 278 g/mol. The lowest BCUT2D eigenvalue weighted by Gasteiger charge is -2.13. The van der Waals surface area contributed by atoms with E-state index in [-0.39, 0.29) is 17.9 Å². The van der Waals surface area contributed by atoms with E-state index in [1.54, 1.807) is 25.2 Å². The first-order chi connectivity index (χ1) is 9.47. The van der Waals surface area contributed by atoms with Crippen molar-refractivity contribution in [3.63, 3.8) is 0 Å². The van der Waals surface area contributed by atoms with E-state index in [1.807, 2.05) is 13.8 Å². The van der Waals surface area contributed by atoms with Crippen molar-refractivity contribution in [3.8, 4) is 0 Å². The van der Waals surface area contributed by atoms with Crippen LogP contribution >= 0.6 is 11.6 Å². The Balaban J connectivity index is 2.76. The van der Waals surface area contributed by atoms with Crippen LogP contribution in [0.2, 0.25) is 5.02 Å². The molecule has 110 valence electrons. The molecule has 6 heteroatoms. The highest BCUT2D eigenvalue weighted by Gasteiger charge is 2.12. The van der Waals surface area contributed by atoms with Gasteiger partial charge in [-0.15, -0.1) is 0 Å². The Morgan fingerprint density at radius 3 is 2.65 bits per heavy atom. The van der Waals surface area contributed by atoms with Crippen LogP contribution in [0.4, 0.5) is 5.69 Å². The van der Waals surface area contributed by atoms with E-state index in [0.29, 0.717) is 22.7 Å². The van der Waals surface area contributed by atoms with Crippen molar-refractivity contribution in [3.05, 3.63) is 28.8 Å². The van der Waals surface area contributed by atoms with Gasteiger partial charge in [0.05, 0.1) is 10.7 Å². The average molecular weight is 298 g/mol. The summed E-state index contributed by atoms with van der Waals surface area (Å²) < 4.78 is 0. The van der Waals surface area contributed by atoms with Crippen molar-refractivity contribution in [2.45, 2.75) is 26.3 Å². The topological polar surface area (TPSA) is 70.2 Å². The first-order valence-electron chi connectivity index (χ1n) is 6.52. The van der Waals surface area contributed by atoms with Gasteiger partial charge in [-0.25, -0.2) is 0 Å². The summed E-state index contributed by atoms with van der Waals surface area (Å²) in [6, 6.07) is 4.85. The number of carbonyl (C=O) groups excluding carboxylic acids is 2. The normalized spacial score (nSPS) is 11.8. The molecule has 0 saturated carbocycles. The van der Waals surface area contributed by atoms with Gasteiger partial charge in [0.15, 0.2) is 0 Å². The maximum Gasteiger partial charge on any atom is 0.251 e. The average Bonchev–Trinajstić information content (AvgIpc) is 2.40. The zero-order chi connectivity index (χ0) is 15.1. The third-order valence-corrected chi connectivity index (χ3v) is 3.10. The third-order valence-electron chi connectivity index (χ3n) is 2.77. The molecule has 0 fully saturated rings. The van der Waals surface area contributed by atoms with E-state index in [9.17, 15) is 9.59 Å². The van der Waals surface area contributed by atoms with Crippen LogP contribution in [0.1, 0.15) is 30.6 Å². The summed E-state index contributed by atoms with van der Waals surface area (Å²) in [5.41, 5.74) is 0.897. The first kappa shape index (κ1) is 16.5. The van der Waals surface area contributed by atoms with Gasteiger partial charge in [0, 0.05) is 25.1 Å². The lowest BCUT2D eigenvalue weighted by atomic mass is 10.1. The Morgan fingerprint density at radius 1 is 1.35 bits per heavy atom. The van der Waals surface area contributed by atoms with E-state index in [2.05, 4.69) is 16.0 Å². The summed E-state index contributed by atoms with van der Waals surface area (Å²) in [6.07, 6.45) is 0.342. The highest BCUT2D eigenvalue weighted by Crippen LogP contribution is 2.23. The molecule has 0 aliphatic rings. The highest BCUT2D eigenvalue weighted by atomic mass is 35.5. The Kier molecular flexibility index (Phi) is 6.48. The Labute approximate surface area is 124 Å². The van der Waals surface area contributed by atoms with Gasteiger partial charge in [-0.1, -0.05) is 18.5 Å². The fraction of sp³-hybridized carbons (Fsp3) is 0.429. The molecule has 0 radical (unpaired) electrons. The number of nitrogens with one attached hydrogen (secondary N) is 3. The van der Waals surface area contributed by atoms with Crippen molar-refractivity contribution < 1.29 is 9.59 Å². The molecule has 0 spiro atoms. The summed E-state index contributed by atoms with van der Waals surface area (Å²) in [5, 5.41) is 8.82. The molecule has 0 aliphatic carbocycles. The second-order valence-corrected chi connectivity index (χ2v) is 4.89. The summed E-state index contributed by atoms with van der Waals surface area (Å²) in [7, 11) is 1.55. The minimum absolute atomic E-state index is 0.0842. The standard InChI is InChI=1S/C14H20ClN3O2/c1-4-17-9(2)7-13(19)18-12-8-10(14(20)16-3)5-6-11(12)15/h5-6,8-9,17H,4,7H2,1-3H3,(H,16,20)(H,18,19). The second kappa shape index (κ2) is 7.87. The van der Waals surface area contributed by atoms with Gasteiger partial charge in [0.25, 0.3) is 5.91 Å². The van der Waals surface area contributed by atoms with Crippen molar-refractivity contribution in [1.29, 1.82) is 0 Å². The predicted octanol–water partition coefficient (Wildman–Crippen LogP) is 2.03. The Hall–Kier alpha value is -1.59. The van der Waals surface area contributed by atoms with Gasteiger partial charge >= 0.3 is 0 Å². The molecular formula is C14H20ClN3O2. The van der Waals surface area contributed by atoms with Crippen molar-refractivity contribution in [2.24, 2.45) is 0 Å². The number of hydrogen-bond donors (Lipinski definition) is 3. The number of rotatable bonds is 6. The monoisotopic (exact) mass is 297 g/mol. The van der Waals surface area contributed by atoms with Crippen LogP contribution in [-0.4, -0.2) is 31.4 Å². The largest absolute Gasteiger partial charge is 0.355 e. The number of halogens is 1. The first-order valence-corrected chi connectivity index (χ1v) is 6.90. The minimum atomic E-state index is -0.224. The van der Waals surface area contributed by atoms with Gasteiger partial charge in [0.2, 0.25) is 5.91 Å². The van der Waals surface area contributed by atoms with Crippen molar-refractivity contribution in [1.82, 2.24) is 10.6 Å². The maximum atomic E-state index is 11.9. The van der Waals surface area contributed by atoms with Crippen molar-refractivity contribution in [2.75, 3.05) is 18.9 Å². The van der Waals surface area contributed by atoms with Gasteiger partial charge < -0.3 is 16.0 Å².